The lowest BCUT2D eigenvalue weighted by molar-refractivity contribution is 0.103. The van der Waals surface area contributed by atoms with E-state index >= 15 is 0 Å². The van der Waals surface area contributed by atoms with E-state index < -0.39 is 11.6 Å². The first-order valence-electron chi connectivity index (χ1n) is 5.90. The number of aryl methyl sites for hydroxylation is 1. The fraction of sp³-hybridized carbons (Fsp3) is 0.0714. The van der Waals surface area contributed by atoms with Gasteiger partial charge in [-0.25, -0.2) is 13.9 Å². The van der Waals surface area contributed by atoms with Gasteiger partial charge in [0.1, 0.15) is 11.6 Å². The molecule has 0 fully saturated rings. The van der Waals surface area contributed by atoms with E-state index in [0.717, 1.165) is 23.9 Å². The molecule has 0 aliphatic heterocycles. The summed E-state index contributed by atoms with van der Waals surface area (Å²) in [6.07, 6.45) is 2.88. The summed E-state index contributed by atoms with van der Waals surface area (Å²) in [6, 6.07) is 5.00. The summed E-state index contributed by atoms with van der Waals surface area (Å²) in [5.41, 5.74) is 1.51. The number of carbonyl (C=O) groups is 1. The normalized spacial score (nSPS) is 10.9. The molecule has 0 aliphatic rings. The smallest absolute Gasteiger partial charge is 0.199 e. The standard InChI is InChI=1S/C14H10FN3O2/c1-8-4-13-16-6-9(7-18(13)17-8)14(20)11-5-10(15)2-3-12(11)19/h2-7,19H,1H3. The number of nitrogens with zero attached hydrogens (tertiary/aromatic N) is 3. The summed E-state index contributed by atoms with van der Waals surface area (Å²) in [5.74, 6) is -1.37. The van der Waals surface area contributed by atoms with Crippen LogP contribution in [0.1, 0.15) is 21.6 Å². The predicted molar refractivity (Wildman–Crippen MR) is 69.2 cm³/mol. The van der Waals surface area contributed by atoms with Crippen LogP contribution in [-0.4, -0.2) is 25.5 Å². The van der Waals surface area contributed by atoms with Crippen LogP contribution in [0.25, 0.3) is 5.65 Å². The van der Waals surface area contributed by atoms with Crippen molar-refractivity contribution in [2.45, 2.75) is 6.92 Å². The lowest BCUT2D eigenvalue weighted by Crippen LogP contribution is -2.05. The Labute approximate surface area is 113 Å². The number of fused-ring (bicyclic) bond motifs is 1. The van der Waals surface area contributed by atoms with Gasteiger partial charge in [-0.15, -0.1) is 0 Å². The van der Waals surface area contributed by atoms with Gasteiger partial charge in [0.2, 0.25) is 0 Å². The van der Waals surface area contributed by atoms with Crippen LogP contribution in [0.5, 0.6) is 5.75 Å². The van der Waals surface area contributed by atoms with Gasteiger partial charge >= 0.3 is 0 Å². The molecule has 0 radical (unpaired) electrons. The second kappa shape index (κ2) is 4.41. The molecule has 3 aromatic rings. The minimum atomic E-state index is -0.588. The quantitative estimate of drug-likeness (QED) is 0.725. The van der Waals surface area contributed by atoms with Gasteiger partial charge in [-0.2, -0.15) is 5.10 Å². The Kier molecular flexibility index (Phi) is 2.71. The van der Waals surface area contributed by atoms with Crippen LogP contribution in [0.4, 0.5) is 4.39 Å². The molecule has 0 spiro atoms. The zero-order valence-corrected chi connectivity index (χ0v) is 10.5. The van der Waals surface area contributed by atoms with Crippen LogP contribution in [0.2, 0.25) is 0 Å². The van der Waals surface area contributed by atoms with Crippen molar-refractivity contribution in [2.24, 2.45) is 0 Å². The SMILES string of the molecule is Cc1cc2ncc(C(=O)c3cc(F)ccc3O)cn2n1. The van der Waals surface area contributed by atoms with E-state index in [0.29, 0.717) is 5.65 Å². The predicted octanol–water partition coefficient (Wildman–Crippen LogP) is 2.11. The first kappa shape index (κ1) is 12.3. The lowest BCUT2D eigenvalue weighted by atomic mass is 10.1. The van der Waals surface area contributed by atoms with E-state index in [4.69, 9.17) is 0 Å². The van der Waals surface area contributed by atoms with Crippen molar-refractivity contribution in [3.63, 3.8) is 0 Å². The first-order chi connectivity index (χ1) is 9.54. The average Bonchev–Trinajstić information content (AvgIpc) is 2.79. The van der Waals surface area contributed by atoms with Crippen LogP contribution >= 0.6 is 0 Å². The van der Waals surface area contributed by atoms with Crippen LogP contribution in [0, 0.1) is 12.7 Å². The summed E-state index contributed by atoms with van der Waals surface area (Å²) in [6.45, 7) is 1.81. The zero-order chi connectivity index (χ0) is 14.3. The van der Waals surface area contributed by atoms with E-state index in [9.17, 15) is 14.3 Å². The molecular weight excluding hydrogens is 261 g/mol. The maximum Gasteiger partial charge on any atom is 0.199 e. The molecule has 2 heterocycles. The van der Waals surface area contributed by atoms with Crippen molar-refractivity contribution in [2.75, 3.05) is 0 Å². The fourth-order valence-corrected chi connectivity index (χ4v) is 1.96. The topological polar surface area (TPSA) is 67.5 Å². The third kappa shape index (κ3) is 2.01. The largest absolute Gasteiger partial charge is 0.507 e. The molecule has 0 amide bonds. The minimum Gasteiger partial charge on any atom is -0.507 e. The van der Waals surface area contributed by atoms with Gasteiger partial charge in [0.05, 0.1) is 16.8 Å². The number of phenolic OH excluding ortho intramolecular Hbond substituents is 1. The minimum absolute atomic E-state index is 0.102. The lowest BCUT2D eigenvalue weighted by Gasteiger charge is -2.04. The van der Waals surface area contributed by atoms with Crippen molar-refractivity contribution in [3.05, 3.63) is 59.3 Å². The Morgan fingerprint density at radius 3 is 2.95 bits per heavy atom. The molecular formula is C14H10FN3O2. The van der Waals surface area contributed by atoms with Crippen molar-refractivity contribution >= 4 is 11.4 Å². The number of aromatic nitrogens is 3. The molecule has 1 aromatic carbocycles. The molecule has 0 aliphatic carbocycles. The molecule has 0 atom stereocenters. The molecule has 1 N–H and O–H groups in total. The number of hydrogen-bond acceptors (Lipinski definition) is 4. The Bertz CT molecular complexity index is 826. The van der Waals surface area contributed by atoms with Crippen molar-refractivity contribution in [1.29, 1.82) is 0 Å². The number of aromatic hydroxyl groups is 1. The number of ketones is 1. The first-order valence-corrected chi connectivity index (χ1v) is 5.90. The molecule has 100 valence electrons. The summed E-state index contributed by atoms with van der Waals surface area (Å²) in [7, 11) is 0. The van der Waals surface area contributed by atoms with Gasteiger partial charge < -0.3 is 5.11 Å². The number of phenols is 1. The molecule has 3 rings (SSSR count). The summed E-state index contributed by atoms with van der Waals surface area (Å²) in [4.78, 5) is 16.4. The highest BCUT2D eigenvalue weighted by atomic mass is 19.1. The molecule has 0 saturated carbocycles. The number of hydrogen-bond donors (Lipinski definition) is 1. The van der Waals surface area contributed by atoms with E-state index in [1.807, 2.05) is 6.92 Å². The monoisotopic (exact) mass is 271 g/mol. The highest BCUT2D eigenvalue weighted by molar-refractivity contribution is 6.10. The van der Waals surface area contributed by atoms with E-state index in [-0.39, 0.29) is 16.9 Å². The Balaban J connectivity index is 2.09. The van der Waals surface area contributed by atoms with Gasteiger partial charge in [-0.05, 0) is 25.1 Å². The number of carbonyl (C=O) groups excluding carboxylic acids is 1. The number of rotatable bonds is 2. The van der Waals surface area contributed by atoms with E-state index in [1.54, 1.807) is 6.07 Å². The van der Waals surface area contributed by atoms with Crippen LogP contribution in [0.15, 0.2) is 36.7 Å². The second-order valence-corrected chi connectivity index (χ2v) is 4.42. The number of benzene rings is 1. The average molecular weight is 271 g/mol. The molecule has 20 heavy (non-hydrogen) atoms. The van der Waals surface area contributed by atoms with E-state index in [2.05, 4.69) is 10.1 Å². The molecule has 2 aromatic heterocycles. The Hall–Kier alpha value is -2.76. The molecule has 0 unspecified atom stereocenters. The molecule has 0 bridgehead atoms. The van der Waals surface area contributed by atoms with Crippen molar-refractivity contribution in [1.82, 2.24) is 14.6 Å². The fourth-order valence-electron chi connectivity index (χ4n) is 1.96. The molecule has 5 nitrogen and oxygen atoms in total. The Morgan fingerprint density at radius 1 is 1.35 bits per heavy atom. The van der Waals surface area contributed by atoms with Gasteiger partial charge in [0.15, 0.2) is 11.4 Å². The van der Waals surface area contributed by atoms with Crippen molar-refractivity contribution < 1.29 is 14.3 Å². The second-order valence-electron chi connectivity index (χ2n) is 4.42. The van der Waals surface area contributed by atoms with E-state index in [1.165, 1.54) is 16.9 Å². The third-order valence-electron chi connectivity index (χ3n) is 2.90. The maximum atomic E-state index is 13.2. The van der Waals surface area contributed by atoms with Gasteiger partial charge in [0, 0.05) is 18.5 Å². The van der Waals surface area contributed by atoms with Crippen LogP contribution < -0.4 is 0 Å². The maximum absolute atomic E-state index is 13.2. The zero-order valence-electron chi connectivity index (χ0n) is 10.5. The summed E-state index contributed by atoms with van der Waals surface area (Å²) in [5, 5.41) is 13.8. The number of halogens is 1. The Morgan fingerprint density at radius 2 is 2.15 bits per heavy atom. The summed E-state index contributed by atoms with van der Waals surface area (Å²) < 4.78 is 14.7. The van der Waals surface area contributed by atoms with Crippen molar-refractivity contribution in [3.8, 4) is 5.75 Å². The van der Waals surface area contributed by atoms with Crippen LogP contribution in [-0.2, 0) is 0 Å². The van der Waals surface area contributed by atoms with Gasteiger partial charge in [-0.3, -0.25) is 4.79 Å². The van der Waals surface area contributed by atoms with Crippen LogP contribution in [0.3, 0.4) is 0 Å². The third-order valence-corrected chi connectivity index (χ3v) is 2.90. The molecule has 6 heteroatoms. The highest BCUT2D eigenvalue weighted by Gasteiger charge is 2.16. The molecule has 0 saturated heterocycles. The highest BCUT2D eigenvalue weighted by Crippen LogP contribution is 2.21. The summed E-state index contributed by atoms with van der Waals surface area (Å²) >= 11 is 0. The van der Waals surface area contributed by atoms with Gasteiger partial charge in [-0.1, -0.05) is 0 Å². The van der Waals surface area contributed by atoms with Gasteiger partial charge in [0.25, 0.3) is 0 Å².